The summed E-state index contributed by atoms with van der Waals surface area (Å²) in [6.45, 7) is 2.02. The van der Waals surface area contributed by atoms with Crippen LogP contribution in [-0.4, -0.2) is 83.6 Å². The summed E-state index contributed by atoms with van der Waals surface area (Å²) in [6, 6.07) is 15.7. The maximum atomic E-state index is 13.3. The Bertz CT molecular complexity index is 2200. The molecule has 4 aliphatic rings. The first kappa shape index (κ1) is 33.0. The van der Waals surface area contributed by atoms with E-state index >= 15 is 0 Å². The fourth-order valence-corrected chi connectivity index (χ4v) is 8.28. The first-order valence-electron chi connectivity index (χ1n) is 18.6. The van der Waals surface area contributed by atoms with Gasteiger partial charge in [-0.1, -0.05) is 18.2 Å². The smallest absolute Gasteiger partial charge is 0.255 e. The number of amides is 3. The topological polar surface area (TPSA) is 163 Å². The zero-order valence-corrected chi connectivity index (χ0v) is 29.3. The second kappa shape index (κ2) is 13.9. The molecule has 2 saturated heterocycles. The third-order valence-corrected chi connectivity index (χ3v) is 11.1. The Kier molecular flexibility index (Phi) is 8.64. The van der Waals surface area contributed by atoms with Crippen molar-refractivity contribution < 1.29 is 14.4 Å². The summed E-state index contributed by atoms with van der Waals surface area (Å²) in [7, 11) is 0. The number of rotatable bonds is 8. The van der Waals surface area contributed by atoms with Crippen molar-refractivity contribution in [2.75, 3.05) is 28.6 Å². The Labute approximate surface area is 306 Å². The van der Waals surface area contributed by atoms with Crippen LogP contribution in [0.25, 0.3) is 22.3 Å². The van der Waals surface area contributed by atoms with Crippen LogP contribution in [0.1, 0.15) is 73.3 Å². The highest BCUT2D eigenvalue weighted by atomic mass is 16.2. The predicted octanol–water partition coefficient (Wildman–Crippen LogP) is 4.72. The number of anilines is 3. The zero-order valence-electron chi connectivity index (χ0n) is 29.3. The van der Waals surface area contributed by atoms with Gasteiger partial charge >= 0.3 is 0 Å². The monoisotopic (exact) mass is 711 g/mol. The summed E-state index contributed by atoms with van der Waals surface area (Å²) in [5.74, 6) is 0.713. The van der Waals surface area contributed by atoms with Crippen molar-refractivity contribution in [1.82, 2.24) is 39.9 Å². The second-order valence-electron chi connectivity index (χ2n) is 14.5. The summed E-state index contributed by atoms with van der Waals surface area (Å²) >= 11 is 0. The molecule has 6 heterocycles. The lowest BCUT2D eigenvalue weighted by molar-refractivity contribution is -0.136. The first-order valence-corrected chi connectivity index (χ1v) is 18.6. The van der Waals surface area contributed by atoms with Crippen LogP contribution in [0, 0.1) is 0 Å². The number of benzene rings is 2. The Morgan fingerprint density at radius 2 is 1.64 bits per heavy atom. The van der Waals surface area contributed by atoms with Crippen LogP contribution in [-0.2, 0) is 16.1 Å². The normalized spacial score (nSPS) is 22.2. The van der Waals surface area contributed by atoms with Crippen molar-refractivity contribution in [3.05, 3.63) is 84.4 Å². The van der Waals surface area contributed by atoms with E-state index in [9.17, 15) is 14.4 Å². The van der Waals surface area contributed by atoms with Crippen LogP contribution < -0.4 is 20.9 Å². The molecular weight excluding hydrogens is 671 g/mol. The van der Waals surface area contributed by atoms with Crippen LogP contribution in [0.2, 0.25) is 0 Å². The van der Waals surface area contributed by atoms with E-state index in [1.165, 1.54) is 0 Å². The molecule has 5 aromatic rings. The molecule has 2 aromatic carbocycles. The molecule has 0 spiro atoms. The highest BCUT2D eigenvalue weighted by Gasteiger charge is 2.40. The standard InChI is InChI=1S/C39H41N11O3/c51-36-12-11-34(37(52)47-36)49-23-29-28(38(49)53)7-4-10-30(29)43-25-5-3-6-26(19-25)44-35-13-16-40-39(46-35)48-17-14-27(15-18-48)50-22-24(20-42-50)33-21-41-31-8-1-2-9-32(31)45-33/h1-2,4,7-10,13,16,20-22,25-27,34,43H,3,5-6,11-12,14-15,17-19,23H2,(H,40,44,46)(H,47,51,52). The summed E-state index contributed by atoms with van der Waals surface area (Å²) < 4.78 is 2.06. The Hall–Kier alpha value is -5.92. The average Bonchev–Trinajstić information content (AvgIpc) is 3.81. The van der Waals surface area contributed by atoms with Crippen molar-refractivity contribution in [3.63, 3.8) is 0 Å². The molecule has 0 bridgehead atoms. The molecule has 14 nitrogen and oxygen atoms in total. The second-order valence-corrected chi connectivity index (χ2v) is 14.5. The maximum absolute atomic E-state index is 13.3. The number of carbonyl (C=O) groups is 3. The molecule has 53 heavy (non-hydrogen) atoms. The van der Waals surface area contributed by atoms with Gasteiger partial charge in [0.2, 0.25) is 17.8 Å². The van der Waals surface area contributed by atoms with Gasteiger partial charge in [0.1, 0.15) is 11.9 Å². The van der Waals surface area contributed by atoms with E-state index in [2.05, 4.69) is 41.7 Å². The van der Waals surface area contributed by atoms with Gasteiger partial charge in [-0.25, -0.2) is 9.97 Å². The molecule has 3 fully saturated rings. The van der Waals surface area contributed by atoms with Crippen molar-refractivity contribution in [2.24, 2.45) is 0 Å². The Morgan fingerprint density at radius 3 is 2.49 bits per heavy atom. The van der Waals surface area contributed by atoms with Gasteiger partial charge in [0.25, 0.3) is 5.91 Å². The molecule has 3 unspecified atom stereocenters. The highest BCUT2D eigenvalue weighted by Crippen LogP contribution is 2.34. The van der Waals surface area contributed by atoms with Crippen LogP contribution in [0.15, 0.2) is 73.3 Å². The number of hydrogen-bond donors (Lipinski definition) is 3. The average molecular weight is 712 g/mol. The number of imide groups is 1. The fraction of sp³-hybridized carbons (Fsp3) is 0.385. The lowest BCUT2D eigenvalue weighted by atomic mass is 9.90. The highest BCUT2D eigenvalue weighted by molar-refractivity contribution is 6.06. The van der Waals surface area contributed by atoms with E-state index in [-0.39, 0.29) is 36.4 Å². The van der Waals surface area contributed by atoms with E-state index in [4.69, 9.17) is 15.1 Å². The van der Waals surface area contributed by atoms with E-state index in [0.29, 0.717) is 18.5 Å². The predicted molar refractivity (Wildman–Crippen MR) is 199 cm³/mol. The number of fused-ring (bicyclic) bond motifs is 2. The molecule has 0 radical (unpaired) electrons. The molecule has 3 atom stereocenters. The molecule has 3 aliphatic heterocycles. The lowest BCUT2D eigenvalue weighted by Gasteiger charge is -2.33. The Morgan fingerprint density at radius 1 is 0.811 bits per heavy atom. The number of aromatic nitrogens is 6. The summed E-state index contributed by atoms with van der Waals surface area (Å²) in [4.78, 5) is 60.3. The molecular formula is C39H41N11O3. The zero-order chi connectivity index (χ0) is 35.9. The van der Waals surface area contributed by atoms with E-state index < -0.39 is 11.9 Å². The van der Waals surface area contributed by atoms with Crippen molar-refractivity contribution in [3.8, 4) is 11.3 Å². The molecule has 9 rings (SSSR count). The van der Waals surface area contributed by atoms with E-state index in [1.807, 2.05) is 67.1 Å². The molecule has 1 saturated carbocycles. The molecule has 3 N–H and O–H groups in total. The van der Waals surface area contributed by atoms with Gasteiger partial charge in [0, 0.05) is 72.9 Å². The quantitative estimate of drug-likeness (QED) is 0.191. The fourth-order valence-electron chi connectivity index (χ4n) is 8.28. The summed E-state index contributed by atoms with van der Waals surface area (Å²) in [5.41, 5.74) is 6.00. The number of carbonyl (C=O) groups excluding carboxylic acids is 3. The minimum absolute atomic E-state index is 0.159. The van der Waals surface area contributed by atoms with Crippen molar-refractivity contribution in [2.45, 2.75) is 82.1 Å². The molecule has 270 valence electrons. The van der Waals surface area contributed by atoms with Gasteiger partial charge in [-0.15, -0.1) is 0 Å². The van der Waals surface area contributed by atoms with Gasteiger partial charge in [-0.3, -0.25) is 29.4 Å². The number of para-hydroxylation sites is 2. The minimum Gasteiger partial charge on any atom is -0.382 e. The molecule has 14 heteroatoms. The van der Waals surface area contributed by atoms with Gasteiger partial charge < -0.3 is 20.4 Å². The van der Waals surface area contributed by atoms with Crippen molar-refractivity contribution in [1.29, 1.82) is 0 Å². The van der Waals surface area contributed by atoms with Crippen LogP contribution in [0.4, 0.5) is 17.5 Å². The van der Waals surface area contributed by atoms with Gasteiger partial charge in [0.05, 0.1) is 35.2 Å². The largest absolute Gasteiger partial charge is 0.382 e. The molecule has 1 aliphatic carbocycles. The van der Waals surface area contributed by atoms with Crippen LogP contribution in [0.5, 0.6) is 0 Å². The van der Waals surface area contributed by atoms with Gasteiger partial charge in [-0.2, -0.15) is 10.1 Å². The number of piperidine rings is 2. The van der Waals surface area contributed by atoms with Crippen molar-refractivity contribution >= 4 is 46.2 Å². The molecule has 3 amide bonds. The molecule has 3 aromatic heterocycles. The third kappa shape index (κ3) is 6.64. The SMILES string of the molecule is O=C1CCC(N2Cc3c(NC4CCCC(Nc5ccnc(N6CCC(n7cc(-c8cnc9ccccc9n8)cn7)CC6)n5)C4)cccc3C2=O)C(=O)N1. The van der Waals surface area contributed by atoms with E-state index in [0.717, 1.165) is 96.9 Å². The van der Waals surface area contributed by atoms with Gasteiger partial charge in [0.15, 0.2) is 0 Å². The maximum Gasteiger partial charge on any atom is 0.255 e. The summed E-state index contributed by atoms with van der Waals surface area (Å²) in [6.07, 6.45) is 14.1. The lowest BCUT2D eigenvalue weighted by Crippen LogP contribution is -2.52. The minimum atomic E-state index is -0.630. The van der Waals surface area contributed by atoms with Crippen LogP contribution >= 0.6 is 0 Å². The Balaban J connectivity index is 0.802. The summed E-state index contributed by atoms with van der Waals surface area (Å²) in [5, 5.41) is 14.5. The number of hydrogen-bond acceptors (Lipinski definition) is 11. The number of nitrogens with one attached hydrogen (secondary N) is 3. The van der Waals surface area contributed by atoms with E-state index in [1.54, 1.807) is 4.90 Å². The van der Waals surface area contributed by atoms with Gasteiger partial charge in [-0.05, 0) is 75.3 Å². The third-order valence-electron chi connectivity index (χ3n) is 11.1. The van der Waals surface area contributed by atoms with Crippen LogP contribution in [0.3, 0.4) is 0 Å². The first-order chi connectivity index (χ1) is 25.9. The number of nitrogens with zero attached hydrogens (tertiary/aromatic N) is 8.